The van der Waals surface area contributed by atoms with Gasteiger partial charge in [0.1, 0.15) is 0 Å². The molecule has 16 heavy (non-hydrogen) atoms. The first kappa shape index (κ1) is 11.4. The average molecular weight is 223 g/mol. The number of hydrogen-bond acceptors (Lipinski definition) is 2. The SMILES string of the molecule is CC1CCC2CCCCC2/C1=N\NC(N)=O. The van der Waals surface area contributed by atoms with Gasteiger partial charge in [-0.1, -0.05) is 19.8 Å². The zero-order valence-corrected chi connectivity index (χ0v) is 9.91. The van der Waals surface area contributed by atoms with E-state index in [9.17, 15) is 4.79 Å². The molecule has 0 radical (unpaired) electrons. The Hall–Kier alpha value is -1.06. The van der Waals surface area contributed by atoms with Crippen LogP contribution in [0.4, 0.5) is 4.79 Å². The highest BCUT2D eigenvalue weighted by Gasteiger charge is 2.35. The molecule has 0 bridgehead atoms. The molecule has 4 heteroatoms. The molecule has 0 aliphatic heterocycles. The van der Waals surface area contributed by atoms with E-state index < -0.39 is 6.03 Å². The van der Waals surface area contributed by atoms with Crippen LogP contribution in [-0.2, 0) is 0 Å². The van der Waals surface area contributed by atoms with Gasteiger partial charge in [0.25, 0.3) is 0 Å². The fourth-order valence-corrected chi connectivity index (χ4v) is 3.23. The normalized spacial score (nSPS) is 36.8. The van der Waals surface area contributed by atoms with Crippen molar-refractivity contribution in [3.63, 3.8) is 0 Å². The summed E-state index contributed by atoms with van der Waals surface area (Å²) in [4.78, 5) is 10.7. The van der Waals surface area contributed by atoms with E-state index in [2.05, 4.69) is 17.5 Å². The second kappa shape index (κ2) is 4.85. The lowest BCUT2D eigenvalue weighted by Gasteiger charge is -2.39. The molecule has 2 saturated carbocycles. The summed E-state index contributed by atoms with van der Waals surface area (Å²) in [6, 6.07) is -0.558. The van der Waals surface area contributed by atoms with Gasteiger partial charge in [0, 0.05) is 11.6 Å². The number of nitrogens with two attached hydrogens (primary N) is 1. The van der Waals surface area contributed by atoms with Crippen LogP contribution in [0.15, 0.2) is 5.10 Å². The number of nitrogens with zero attached hydrogens (tertiary/aromatic N) is 1. The molecule has 0 saturated heterocycles. The van der Waals surface area contributed by atoms with Crippen LogP contribution in [0.3, 0.4) is 0 Å². The van der Waals surface area contributed by atoms with Gasteiger partial charge >= 0.3 is 6.03 Å². The van der Waals surface area contributed by atoms with Crippen molar-refractivity contribution >= 4 is 11.7 Å². The van der Waals surface area contributed by atoms with Crippen molar-refractivity contribution in [2.45, 2.75) is 45.4 Å². The Morgan fingerprint density at radius 3 is 2.81 bits per heavy atom. The van der Waals surface area contributed by atoms with Gasteiger partial charge in [-0.25, -0.2) is 10.2 Å². The molecule has 2 aliphatic rings. The first-order valence-electron chi connectivity index (χ1n) is 6.31. The third-order valence-corrected chi connectivity index (χ3v) is 4.06. The molecule has 3 atom stereocenters. The Bertz CT molecular complexity index is 301. The van der Waals surface area contributed by atoms with E-state index in [-0.39, 0.29) is 0 Å². The van der Waals surface area contributed by atoms with Gasteiger partial charge in [-0.05, 0) is 37.5 Å². The lowest BCUT2D eigenvalue weighted by atomic mass is 9.67. The van der Waals surface area contributed by atoms with Gasteiger partial charge in [0.05, 0.1) is 0 Å². The van der Waals surface area contributed by atoms with Crippen molar-refractivity contribution in [3.05, 3.63) is 0 Å². The van der Waals surface area contributed by atoms with Crippen LogP contribution in [-0.4, -0.2) is 11.7 Å². The third-order valence-electron chi connectivity index (χ3n) is 4.06. The number of nitrogens with one attached hydrogen (secondary N) is 1. The fraction of sp³-hybridized carbons (Fsp3) is 0.833. The molecule has 90 valence electrons. The van der Waals surface area contributed by atoms with Crippen LogP contribution >= 0.6 is 0 Å². The van der Waals surface area contributed by atoms with Crippen LogP contribution in [0.2, 0.25) is 0 Å². The number of urea groups is 1. The second-order valence-electron chi connectivity index (χ2n) is 5.14. The Balaban J connectivity index is 2.11. The molecular weight excluding hydrogens is 202 g/mol. The number of rotatable bonds is 1. The van der Waals surface area contributed by atoms with Gasteiger partial charge in [0.15, 0.2) is 0 Å². The molecule has 2 rings (SSSR count). The Morgan fingerprint density at radius 2 is 2.06 bits per heavy atom. The lowest BCUT2D eigenvalue weighted by Crippen LogP contribution is -2.38. The highest BCUT2D eigenvalue weighted by atomic mass is 16.2. The van der Waals surface area contributed by atoms with Crippen molar-refractivity contribution in [2.75, 3.05) is 0 Å². The number of fused-ring (bicyclic) bond motifs is 1. The smallest absolute Gasteiger partial charge is 0.332 e. The molecule has 0 aromatic rings. The molecule has 4 nitrogen and oxygen atoms in total. The first-order valence-corrected chi connectivity index (χ1v) is 6.31. The number of primary amides is 1. The molecule has 2 fully saturated rings. The highest BCUT2D eigenvalue weighted by Crippen LogP contribution is 2.40. The van der Waals surface area contributed by atoms with E-state index in [1.54, 1.807) is 0 Å². The van der Waals surface area contributed by atoms with E-state index in [0.717, 1.165) is 5.92 Å². The summed E-state index contributed by atoms with van der Waals surface area (Å²) in [5.41, 5.74) is 8.65. The second-order valence-corrected chi connectivity index (χ2v) is 5.14. The van der Waals surface area contributed by atoms with Gasteiger partial charge in [-0.3, -0.25) is 0 Å². The zero-order valence-electron chi connectivity index (χ0n) is 9.91. The summed E-state index contributed by atoms with van der Waals surface area (Å²) < 4.78 is 0. The Morgan fingerprint density at radius 1 is 1.31 bits per heavy atom. The van der Waals surface area contributed by atoms with Gasteiger partial charge < -0.3 is 5.73 Å². The van der Waals surface area contributed by atoms with Gasteiger partial charge in [-0.2, -0.15) is 5.10 Å². The molecule has 2 aliphatic carbocycles. The minimum atomic E-state index is -0.558. The van der Waals surface area contributed by atoms with Crippen LogP contribution in [0.25, 0.3) is 0 Å². The summed E-state index contributed by atoms with van der Waals surface area (Å²) in [7, 11) is 0. The van der Waals surface area contributed by atoms with Crippen LogP contribution in [0, 0.1) is 17.8 Å². The quantitative estimate of drug-likeness (QED) is 0.658. The lowest BCUT2D eigenvalue weighted by molar-refractivity contribution is 0.239. The van der Waals surface area contributed by atoms with E-state index in [1.165, 1.54) is 44.2 Å². The number of amides is 2. The van der Waals surface area contributed by atoms with Crippen LogP contribution in [0.1, 0.15) is 45.4 Å². The Labute approximate surface area is 96.7 Å². The zero-order chi connectivity index (χ0) is 11.5. The topological polar surface area (TPSA) is 67.5 Å². The van der Waals surface area contributed by atoms with Crippen molar-refractivity contribution in [2.24, 2.45) is 28.6 Å². The van der Waals surface area contributed by atoms with E-state index >= 15 is 0 Å². The van der Waals surface area contributed by atoms with Gasteiger partial charge in [0.2, 0.25) is 0 Å². The van der Waals surface area contributed by atoms with Crippen molar-refractivity contribution in [1.29, 1.82) is 0 Å². The highest BCUT2D eigenvalue weighted by molar-refractivity contribution is 5.90. The predicted molar refractivity (Wildman–Crippen MR) is 64.0 cm³/mol. The molecule has 0 aromatic carbocycles. The number of carbonyl (C=O) groups excluding carboxylic acids is 1. The predicted octanol–water partition coefficient (Wildman–Crippen LogP) is 2.25. The maximum absolute atomic E-state index is 10.7. The summed E-state index contributed by atoms with van der Waals surface area (Å²) in [6.07, 6.45) is 7.72. The minimum absolute atomic E-state index is 0.492. The fourth-order valence-electron chi connectivity index (χ4n) is 3.23. The molecule has 3 unspecified atom stereocenters. The molecular formula is C12H21N3O. The van der Waals surface area contributed by atoms with Gasteiger partial charge in [-0.15, -0.1) is 0 Å². The number of hydrogen-bond donors (Lipinski definition) is 2. The molecule has 0 heterocycles. The summed E-state index contributed by atoms with van der Waals surface area (Å²) >= 11 is 0. The summed E-state index contributed by atoms with van der Waals surface area (Å²) in [6.45, 7) is 2.20. The number of hydrazone groups is 1. The summed E-state index contributed by atoms with van der Waals surface area (Å²) in [5, 5.41) is 4.24. The van der Waals surface area contributed by atoms with Crippen LogP contribution < -0.4 is 11.2 Å². The third kappa shape index (κ3) is 2.36. The maximum Gasteiger partial charge on any atom is 0.332 e. The van der Waals surface area contributed by atoms with Crippen molar-refractivity contribution in [3.8, 4) is 0 Å². The monoisotopic (exact) mass is 223 g/mol. The average Bonchev–Trinajstić information content (AvgIpc) is 2.27. The van der Waals surface area contributed by atoms with Crippen molar-refractivity contribution in [1.82, 2.24) is 5.43 Å². The van der Waals surface area contributed by atoms with Crippen LogP contribution in [0.5, 0.6) is 0 Å². The standard InChI is InChI=1S/C12H21N3O/c1-8-6-7-9-4-2-3-5-10(9)11(8)14-15-12(13)16/h8-10H,2-7H2,1H3,(H3,13,15,16)/b14-11-. The Kier molecular flexibility index (Phi) is 3.46. The van der Waals surface area contributed by atoms with E-state index in [4.69, 9.17) is 5.73 Å². The first-order chi connectivity index (χ1) is 7.68. The van der Waals surface area contributed by atoms with E-state index in [1.807, 2.05) is 0 Å². The molecule has 2 amide bonds. The number of carbonyl (C=O) groups is 1. The largest absolute Gasteiger partial charge is 0.350 e. The van der Waals surface area contributed by atoms with Crippen molar-refractivity contribution < 1.29 is 4.79 Å². The minimum Gasteiger partial charge on any atom is -0.350 e. The van der Waals surface area contributed by atoms with E-state index in [0.29, 0.717) is 11.8 Å². The molecule has 3 N–H and O–H groups in total. The molecule has 0 spiro atoms. The summed E-state index contributed by atoms with van der Waals surface area (Å²) in [5.74, 6) is 1.87. The maximum atomic E-state index is 10.7. The molecule has 0 aromatic heterocycles.